The first-order valence-corrected chi connectivity index (χ1v) is 13.5. The summed E-state index contributed by atoms with van der Waals surface area (Å²) in [4.78, 5) is 17.5. The van der Waals surface area contributed by atoms with Crippen molar-refractivity contribution in [2.45, 2.75) is 45.2 Å². The molecule has 178 valence electrons. The summed E-state index contributed by atoms with van der Waals surface area (Å²) < 4.78 is 17.3. The van der Waals surface area contributed by atoms with Crippen LogP contribution in [0.5, 0.6) is 5.75 Å². The number of carbonyl (C=O) groups excluding carboxylic acids is 1. The van der Waals surface area contributed by atoms with Crippen molar-refractivity contribution in [2.75, 3.05) is 23.4 Å². The predicted molar refractivity (Wildman–Crippen MR) is 137 cm³/mol. The van der Waals surface area contributed by atoms with Gasteiger partial charge in [-0.2, -0.15) is 0 Å². The molecule has 1 aromatic heterocycles. The maximum Gasteiger partial charge on any atom is 0.255 e. The molecule has 6 nitrogen and oxygen atoms in total. The van der Waals surface area contributed by atoms with Crippen molar-refractivity contribution < 1.29 is 14.1 Å². The monoisotopic (exact) mass is 477 g/mol. The molecular formula is C27H31N3O3S. The molecule has 0 atom stereocenters. The summed E-state index contributed by atoms with van der Waals surface area (Å²) in [5.74, 6) is 2.94. The Hall–Kier alpha value is -2.61. The number of aryl methyl sites for hydroxylation is 1. The Morgan fingerprint density at radius 3 is 2.62 bits per heavy atom. The number of hydrogen-bond acceptors (Lipinski definition) is 5. The number of nitrogens with zero attached hydrogens (tertiary/aromatic N) is 1. The van der Waals surface area contributed by atoms with Crippen LogP contribution >= 0.6 is 0 Å². The van der Waals surface area contributed by atoms with E-state index in [0.717, 1.165) is 71.0 Å². The fourth-order valence-corrected chi connectivity index (χ4v) is 5.58. The lowest BCUT2D eigenvalue weighted by Gasteiger charge is -2.25. The van der Waals surface area contributed by atoms with Crippen LogP contribution in [0.2, 0.25) is 0 Å². The summed E-state index contributed by atoms with van der Waals surface area (Å²) in [6.45, 7) is 3.49. The van der Waals surface area contributed by atoms with Crippen LogP contribution in [0.15, 0.2) is 48.7 Å². The Labute approximate surface area is 203 Å². The van der Waals surface area contributed by atoms with Crippen molar-refractivity contribution >= 4 is 33.7 Å². The van der Waals surface area contributed by atoms with E-state index >= 15 is 0 Å². The normalized spacial score (nSPS) is 20.3. The highest BCUT2D eigenvalue weighted by Gasteiger charge is 2.22. The molecule has 34 heavy (non-hydrogen) atoms. The Bertz CT molecular complexity index is 1160. The van der Waals surface area contributed by atoms with E-state index < -0.39 is 11.2 Å². The largest absolute Gasteiger partial charge is 0.616 e. The molecule has 2 aromatic carbocycles. The van der Waals surface area contributed by atoms with Crippen LogP contribution in [0.4, 0.5) is 5.69 Å². The molecule has 2 aliphatic rings. The van der Waals surface area contributed by atoms with Gasteiger partial charge in [-0.1, -0.05) is 17.2 Å². The van der Waals surface area contributed by atoms with Gasteiger partial charge in [0, 0.05) is 48.3 Å². The summed E-state index contributed by atoms with van der Waals surface area (Å²) in [5.41, 5.74) is 4.32. The summed E-state index contributed by atoms with van der Waals surface area (Å²) in [5, 5.41) is 7.65. The number of anilines is 1. The zero-order valence-electron chi connectivity index (χ0n) is 19.5. The van der Waals surface area contributed by atoms with Gasteiger partial charge < -0.3 is 19.9 Å². The van der Waals surface area contributed by atoms with E-state index in [4.69, 9.17) is 9.72 Å². The van der Waals surface area contributed by atoms with E-state index in [0.29, 0.717) is 17.5 Å². The first kappa shape index (κ1) is 23.1. The lowest BCUT2D eigenvalue weighted by Crippen LogP contribution is -2.37. The smallest absolute Gasteiger partial charge is 0.255 e. The molecular weight excluding hydrogens is 446 g/mol. The number of nitrogens with one attached hydrogen (secondary N) is 2. The highest BCUT2D eigenvalue weighted by atomic mass is 32.2. The predicted octanol–water partition coefficient (Wildman–Crippen LogP) is 4.59. The molecule has 3 aromatic rings. The highest BCUT2D eigenvalue weighted by molar-refractivity contribution is 7.91. The van der Waals surface area contributed by atoms with Crippen LogP contribution in [0.25, 0.3) is 10.9 Å². The number of carbonyl (C=O) groups is 1. The zero-order valence-corrected chi connectivity index (χ0v) is 20.3. The van der Waals surface area contributed by atoms with Crippen LogP contribution in [-0.4, -0.2) is 39.6 Å². The topological polar surface area (TPSA) is 86.3 Å². The fraction of sp³-hybridized carbons (Fsp3) is 0.407. The summed E-state index contributed by atoms with van der Waals surface area (Å²) in [6.07, 6.45) is 6.33. The molecule has 0 spiro atoms. The summed E-state index contributed by atoms with van der Waals surface area (Å²) in [7, 11) is 0. The van der Waals surface area contributed by atoms with E-state index in [1.807, 2.05) is 37.4 Å². The number of ether oxygens (including phenoxy) is 1. The quantitative estimate of drug-likeness (QED) is 0.464. The van der Waals surface area contributed by atoms with Crippen LogP contribution < -0.4 is 15.4 Å². The maximum atomic E-state index is 12.8. The molecule has 5 rings (SSSR count). The number of aromatic nitrogens is 1. The van der Waals surface area contributed by atoms with Gasteiger partial charge in [-0.15, -0.1) is 0 Å². The van der Waals surface area contributed by atoms with Gasteiger partial charge in [-0.25, -0.2) is 0 Å². The lowest BCUT2D eigenvalue weighted by atomic mass is 10.1. The number of hydrogen-bond donors (Lipinski definition) is 2. The van der Waals surface area contributed by atoms with Gasteiger partial charge in [0.2, 0.25) is 0 Å². The second kappa shape index (κ2) is 10.3. The summed E-state index contributed by atoms with van der Waals surface area (Å²) in [6, 6.07) is 13.8. The van der Waals surface area contributed by atoms with E-state index in [2.05, 4.69) is 16.7 Å². The van der Waals surface area contributed by atoms with Gasteiger partial charge in [-0.05, 0) is 73.2 Å². The van der Waals surface area contributed by atoms with E-state index in [1.54, 1.807) is 12.1 Å². The first-order chi connectivity index (χ1) is 16.5. The Kier molecular flexibility index (Phi) is 7.04. The van der Waals surface area contributed by atoms with Gasteiger partial charge in [0.25, 0.3) is 5.91 Å². The van der Waals surface area contributed by atoms with E-state index in [1.165, 1.54) is 12.8 Å². The number of pyridine rings is 1. The van der Waals surface area contributed by atoms with Crippen molar-refractivity contribution in [1.82, 2.24) is 10.3 Å². The minimum atomic E-state index is -0.639. The minimum absolute atomic E-state index is 0.148. The molecule has 2 fully saturated rings. The zero-order chi connectivity index (χ0) is 23.5. The van der Waals surface area contributed by atoms with Gasteiger partial charge in [0.05, 0.1) is 12.1 Å². The average molecular weight is 478 g/mol. The Morgan fingerprint density at radius 2 is 1.88 bits per heavy atom. The fourth-order valence-electron chi connectivity index (χ4n) is 4.28. The molecule has 0 radical (unpaired) electrons. The first-order valence-electron chi connectivity index (χ1n) is 12.1. The van der Waals surface area contributed by atoms with Gasteiger partial charge in [0.15, 0.2) is 0 Å². The number of fused-ring (bicyclic) bond motifs is 1. The molecule has 0 unspecified atom stereocenters. The Morgan fingerprint density at radius 1 is 1.12 bits per heavy atom. The Balaban J connectivity index is 1.21. The van der Waals surface area contributed by atoms with Crippen molar-refractivity contribution in [3.8, 4) is 5.75 Å². The second-order valence-electron chi connectivity index (χ2n) is 9.39. The standard InChI is InChI=1S/C27H31N3O3S/c1-18-25(30-27(31)21-4-7-24(8-5-21)33-17-19-2-3-19)9-6-22-14-20(16-29-26(18)22)15-28-23-10-12-34(32)13-11-23/h4-9,14,16,19,23,28H,2-3,10-13,15,17H2,1H3,(H,30,31)/t23-,34-. The maximum absolute atomic E-state index is 12.8. The molecule has 1 aliphatic heterocycles. The van der Waals surface area contributed by atoms with Crippen LogP contribution in [-0.2, 0) is 17.7 Å². The number of benzene rings is 2. The third kappa shape index (κ3) is 5.71. The van der Waals surface area contributed by atoms with Crippen molar-refractivity contribution in [2.24, 2.45) is 5.92 Å². The third-order valence-corrected chi connectivity index (χ3v) is 8.07. The minimum Gasteiger partial charge on any atom is -0.616 e. The highest BCUT2D eigenvalue weighted by Crippen LogP contribution is 2.30. The van der Waals surface area contributed by atoms with Crippen LogP contribution in [0.3, 0.4) is 0 Å². The molecule has 2 heterocycles. The average Bonchev–Trinajstić information content (AvgIpc) is 3.69. The van der Waals surface area contributed by atoms with Crippen molar-refractivity contribution in [1.29, 1.82) is 0 Å². The summed E-state index contributed by atoms with van der Waals surface area (Å²) >= 11 is -0.639. The van der Waals surface area contributed by atoms with E-state index in [-0.39, 0.29) is 5.91 Å². The SMILES string of the molecule is Cc1c(NC(=O)c2ccc(OCC3CC3)cc2)ccc2cc(CN[C@H]3CC[S@+]([O-])CC3)cnc12. The van der Waals surface area contributed by atoms with Gasteiger partial charge in [0.1, 0.15) is 17.3 Å². The molecule has 2 N–H and O–H groups in total. The number of amides is 1. The van der Waals surface area contributed by atoms with Crippen molar-refractivity contribution in [3.05, 3.63) is 65.4 Å². The molecule has 1 saturated carbocycles. The van der Waals surface area contributed by atoms with Gasteiger partial charge in [-0.3, -0.25) is 9.78 Å². The molecule has 1 aliphatic carbocycles. The lowest BCUT2D eigenvalue weighted by molar-refractivity contribution is 0.102. The second-order valence-corrected chi connectivity index (χ2v) is 11.1. The third-order valence-electron chi connectivity index (χ3n) is 6.69. The molecule has 1 amide bonds. The molecule has 0 bridgehead atoms. The number of rotatable bonds is 8. The molecule has 1 saturated heterocycles. The molecule has 7 heteroatoms. The van der Waals surface area contributed by atoms with Crippen molar-refractivity contribution in [3.63, 3.8) is 0 Å². The van der Waals surface area contributed by atoms with Crippen LogP contribution in [0.1, 0.15) is 47.2 Å². The van der Waals surface area contributed by atoms with E-state index in [9.17, 15) is 9.35 Å². The van der Waals surface area contributed by atoms with Crippen LogP contribution in [0, 0.1) is 12.8 Å². The van der Waals surface area contributed by atoms with Gasteiger partial charge >= 0.3 is 0 Å².